The number of anilines is 1. The van der Waals surface area contributed by atoms with Crippen molar-refractivity contribution in [1.29, 1.82) is 0 Å². The lowest BCUT2D eigenvalue weighted by Gasteiger charge is -2.18. The lowest BCUT2D eigenvalue weighted by molar-refractivity contribution is 0.0636. The van der Waals surface area contributed by atoms with Crippen LogP contribution in [0.1, 0.15) is 45.1 Å². The molecule has 0 aliphatic heterocycles. The van der Waals surface area contributed by atoms with Gasteiger partial charge in [0.05, 0.1) is 11.9 Å². The lowest BCUT2D eigenvalue weighted by Crippen LogP contribution is -2.27. The fourth-order valence-corrected chi connectivity index (χ4v) is 3.29. The molecule has 1 N–H and O–H groups in total. The van der Waals surface area contributed by atoms with E-state index in [9.17, 15) is 4.79 Å². The summed E-state index contributed by atoms with van der Waals surface area (Å²) in [6.07, 6.45) is 5.52. The maximum atomic E-state index is 11.9. The Morgan fingerprint density at radius 1 is 1.15 bits per heavy atom. The second-order valence-corrected chi connectivity index (χ2v) is 8.26. The zero-order valence-corrected chi connectivity index (χ0v) is 15.6. The first-order chi connectivity index (χ1) is 12.4. The summed E-state index contributed by atoms with van der Waals surface area (Å²) in [4.78, 5) is 30.2. The third-order valence-electron chi connectivity index (χ3n) is 3.83. The summed E-state index contributed by atoms with van der Waals surface area (Å²) in [5, 5.41) is 3.03. The molecule has 1 fully saturated rings. The van der Waals surface area contributed by atoms with E-state index in [-0.39, 0.29) is 0 Å². The molecule has 4 rings (SSSR count). The lowest BCUT2D eigenvalue weighted by atomic mass is 10.1. The first kappa shape index (κ1) is 16.8. The van der Waals surface area contributed by atoms with Gasteiger partial charge in [0, 0.05) is 6.20 Å². The van der Waals surface area contributed by atoms with Crippen molar-refractivity contribution in [3.8, 4) is 11.4 Å². The summed E-state index contributed by atoms with van der Waals surface area (Å²) in [5.74, 6) is 0.674. The Morgan fingerprint density at radius 3 is 2.62 bits per heavy atom. The average Bonchev–Trinajstić information content (AvgIpc) is 3.33. The summed E-state index contributed by atoms with van der Waals surface area (Å²) in [6.45, 7) is 5.42. The fourth-order valence-electron chi connectivity index (χ4n) is 2.50. The molecule has 0 spiro atoms. The highest BCUT2D eigenvalue weighted by Gasteiger charge is 2.23. The molecule has 0 atom stereocenters. The molecule has 1 aliphatic rings. The molecule has 26 heavy (non-hydrogen) atoms. The van der Waals surface area contributed by atoms with Crippen LogP contribution >= 0.6 is 11.3 Å². The number of thiazole rings is 1. The highest BCUT2D eigenvalue weighted by atomic mass is 32.1. The molecule has 0 radical (unpaired) electrons. The first-order valence-electron chi connectivity index (χ1n) is 8.47. The average molecular weight is 369 g/mol. The van der Waals surface area contributed by atoms with Gasteiger partial charge in [0.25, 0.3) is 0 Å². The van der Waals surface area contributed by atoms with Crippen molar-refractivity contribution in [3.63, 3.8) is 0 Å². The predicted octanol–water partition coefficient (Wildman–Crippen LogP) is 4.37. The van der Waals surface area contributed by atoms with Gasteiger partial charge < -0.3 is 4.74 Å². The van der Waals surface area contributed by atoms with Gasteiger partial charge in [-0.15, -0.1) is 0 Å². The zero-order valence-electron chi connectivity index (χ0n) is 14.8. The number of carbonyl (C=O) groups excluding carboxylic acids is 1. The standard InChI is InChI=1S/C18H19N5O2S/c1-18(2,3)25-17(24)23-16-22-14-15(26-16)21-13(9-20-14)12-7-6-11(8-19-12)10-4-5-10/h6-10H,4-5H2,1-3H3,(H,20,22,23,24). The van der Waals surface area contributed by atoms with Gasteiger partial charge in [0.1, 0.15) is 11.3 Å². The number of fused-ring (bicyclic) bond motifs is 1. The Kier molecular flexibility index (Phi) is 4.07. The predicted molar refractivity (Wildman–Crippen MR) is 100 cm³/mol. The third kappa shape index (κ3) is 3.80. The number of aromatic nitrogens is 4. The van der Waals surface area contributed by atoms with Gasteiger partial charge in [-0.3, -0.25) is 10.3 Å². The summed E-state index contributed by atoms with van der Waals surface area (Å²) >= 11 is 1.25. The van der Waals surface area contributed by atoms with Crippen LogP contribution in [0.3, 0.4) is 0 Å². The summed E-state index contributed by atoms with van der Waals surface area (Å²) < 4.78 is 5.23. The number of nitrogens with zero attached hydrogens (tertiary/aromatic N) is 4. The van der Waals surface area contributed by atoms with Crippen LogP contribution in [0.4, 0.5) is 9.93 Å². The molecular weight excluding hydrogens is 350 g/mol. The summed E-state index contributed by atoms with van der Waals surface area (Å²) in [5.41, 5.74) is 2.66. The number of carbonyl (C=O) groups is 1. The van der Waals surface area contributed by atoms with E-state index in [0.29, 0.717) is 27.2 Å². The van der Waals surface area contributed by atoms with Gasteiger partial charge in [0.15, 0.2) is 15.6 Å². The van der Waals surface area contributed by atoms with Gasteiger partial charge in [-0.1, -0.05) is 17.4 Å². The van der Waals surface area contributed by atoms with Crippen LogP contribution in [0.2, 0.25) is 0 Å². The highest BCUT2D eigenvalue weighted by molar-refractivity contribution is 7.21. The topological polar surface area (TPSA) is 89.9 Å². The smallest absolute Gasteiger partial charge is 0.413 e. The van der Waals surface area contributed by atoms with Crippen LogP contribution < -0.4 is 5.32 Å². The molecule has 3 heterocycles. The summed E-state index contributed by atoms with van der Waals surface area (Å²) in [7, 11) is 0. The number of ether oxygens (including phenoxy) is 1. The SMILES string of the molecule is CC(C)(C)OC(=O)Nc1nc2ncc(-c3ccc(C4CC4)cn3)nc2s1. The number of nitrogens with one attached hydrogen (secondary N) is 1. The minimum absolute atomic E-state index is 0.406. The van der Waals surface area contributed by atoms with Crippen molar-refractivity contribution in [2.24, 2.45) is 0 Å². The van der Waals surface area contributed by atoms with E-state index in [1.54, 1.807) is 6.20 Å². The number of amides is 1. The summed E-state index contributed by atoms with van der Waals surface area (Å²) in [6, 6.07) is 4.08. The zero-order chi connectivity index (χ0) is 18.3. The molecule has 0 unspecified atom stereocenters. The third-order valence-corrected chi connectivity index (χ3v) is 4.68. The van der Waals surface area contributed by atoms with Gasteiger partial charge in [-0.2, -0.15) is 4.98 Å². The molecule has 3 aromatic heterocycles. The van der Waals surface area contributed by atoms with Crippen LogP contribution in [0.25, 0.3) is 21.9 Å². The maximum Gasteiger partial charge on any atom is 0.413 e. The maximum absolute atomic E-state index is 11.9. The van der Waals surface area contributed by atoms with Crippen LogP contribution in [0.15, 0.2) is 24.5 Å². The largest absolute Gasteiger partial charge is 0.444 e. The van der Waals surface area contributed by atoms with E-state index in [0.717, 1.165) is 5.69 Å². The van der Waals surface area contributed by atoms with E-state index in [1.165, 1.54) is 29.7 Å². The van der Waals surface area contributed by atoms with Crippen molar-refractivity contribution in [1.82, 2.24) is 19.9 Å². The molecule has 0 bridgehead atoms. The Bertz CT molecular complexity index is 958. The van der Waals surface area contributed by atoms with Crippen molar-refractivity contribution < 1.29 is 9.53 Å². The molecule has 1 saturated carbocycles. The molecule has 3 aromatic rings. The van der Waals surface area contributed by atoms with Crippen molar-refractivity contribution in [3.05, 3.63) is 30.1 Å². The van der Waals surface area contributed by atoms with Crippen molar-refractivity contribution >= 4 is 33.0 Å². The molecule has 0 aromatic carbocycles. The minimum atomic E-state index is -0.567. The monoisotopic (exact) mass is 369 g/mol. The van der Waals surface area contributed by atoms with Crippen LogP contribution in [-0.2, 0) is 4.74 Å². The number of rotatable bonds is 3. The second kappa shape index (κ2) is 6.28. The van der Waals surface area contributed by atoms with Crippen LogP contribution in [0, 0.1) is 0 Å². The molecule has 0 saturated heterocycles. The molecule has 7 nitrogen and oxygen atoms in total. The van der Waals surface area contributed by atoms with Gasteiger partial charge >= 0.3 is 6.09 Å². The quantitative estimate of drug-likeness (QED) is 0.737. The van der Waals surface area contributed by atoms with Crippen LogP contribution in [-0.4, -0.2) is 31.6 Å². The number of hydrogen-bond acceptors (Lipinski definition) is 7. The molecule has 134 valence electrons. The second-order valence-electron chi connectivity index (χ2n) is 7.28. The van der Waals surface area contributed by atoms with E-state index in [1.807, 2.05) is 33.0 Å². The Morgan fingerprint density at radius 2 is 1.96 bits per heavy atom. The van der Waals surface area contributed by atoms with Crippen LogP contribution in [0.5, 0.6) is 0 Å². The highest BCUT2D eigenvalue weighted by Crippen LogP contribution is 2.39. The Labute approximate surface area is 154 Å². The fraction of sp³-hybridized carbons (Fsp3) is 0.389. The number of pyridine rings is 1. The van der Waals surface area contributed by atoms with Crippen molar-refractivity contribution in [2.45, 2.75) is 45.1 Å². The molecular formula is C18H19N5O2S. The van der Waals surface area contributed by atoms with E-state index in [2.05, 4.69) is 31.3 Å². The Balaban J connectivity index is 1.54. The molecule has 1 amide bonds. The van der Waals surface area contributed by atoms with E-state index in [4.69, 9.17) is 4.74 Å². The van der Waals surface area contributed by atoms with Crippen molar-refractivity contribution in [2.75, 3.05) is 5.32 Å². The minimum Gasteiger partial charge on any atom is -0.444 e. The van der Waals surface area contributed by atoms with E-state index >= 15 is 0 Å². The Hall–Kier alpha value is -2.61. The molecule has 8 heteroatoms. The number of hydrogen-bond donors (Lipinski definition) is 1. The first-order valence-corrected chi connectivity index (χ1v) is 9.29. The van der Waals surface area contributed by atoms with E-state index < -0.39 is 11.7 Å². The van der Waals surface area contributed by atoms with Gasteiger partial charge in [-0.25, -0.2) is 14.8 Å². The van der Waals surface area contributed by atoms with Gasteiger partial charge in [-0.05, 0) is 51.2 Å². The van der Waals surface area contributed by atoms with Gasteiger partial charge in [0.2, 0.25) is 0 Å². The normalized spacial score (nSPS) is 14.4. The molecule has 1 aliphatic carbocycles.